The largest absolute Gasteiger partial charge is 0.484 e. The van der Waals surface area contributed by atoms with Gasteiger partial charge < -0.3 is 14.1 Å². The van der Waals surface area contributed by atoms with Gasteiger partial charge in [0.25, 0.3) is 0 Å². The lowest BCUT2D eigenvalue weighted by Gasteiger charge is -2.25. The summed E-state index contributed by atoms with van der Waals surface area (Å²) in [4.78, 5) is 6.33. The zero-order valence-electron chi connectivity index (χ0n) is 12.1. The van der Waals surface area contributed by atoms with E-state index in [4.69, 9.17) is 9.15 Å². The minimum Gasteiger partial charge on any atom is -0.484 e. The van der Waals surface area contributed by atoms with Crippen LogP contribution in [-0.2, 0) is 6.61 Å². The lowest BCUT2D eigenvalue weighted by molar-refractivity contribution is 0.263. The molecule has 0 N–H and O–H groups in total. The maximum Gasteiger partial charge on any atom is 0.236 e. The molecule has 0 amide bonds. The average Bonchev–Trinajstić information content (AvgIpc) is 2.98. The zero-order valence-corrected chi connectivity index (χ0v) is 13.7. The summed E-state index contributed by atoms with van der Waals surface area (Å²) in [6, 6.07) is 9.66. The van der Waals surface area contributed by atoms with Crippen LogP contribution in [0.1, 0.15) is 30.8 Å². The molecular weight excluding hydrogens is 346 g/mol. The number of nitriles is 1. The Kier molecular flexibility index (Phi) is 4.64. The van der Waals surface area contributed by atoms with Crippen LogP contribution >= 0.6 is 15.9 Å². The molecule has 2 heterocycles. The van der Waals surface area contributed by atoms with Crippen LogP contribution in [0.3, 0.4) is 0 Å². The molecule has 1 aliphatic heterocycles. The molecule has 1 aromatic heterocycles. The predicted octanol–water partition coefficient (Wildman–Crippen LogP) is 3.88. The number of benzene rings is 1. The Labute approximate surface area is 137 Å². The molecule has 3 rings (SSSR count). The molecule has 0 saturated carbocycles. The summed E-state index contributed by atoms with van der Waals surface area (Å²) in [5.41, 5.74) is 0.344. The summed E-state index contributed by atoms with van der Waals surface area (Å²) < 4.78 is 12.4. The van der Waals surface area contributed by atoms with Crippen LogP contribution in [0.2, 0.25) is 0 Å². The van der Waals surface area contributed by atoms with Gasteiger partial charge in [-0.1, -0.05) is 15.9 Å². The lowest BCUT2D eigenvalue weighted by atomic mass is 10.1. The Bertz CT molecular complexity index is 670. The molecule has 0 bridgehead atoms. The fourth-order valence-electron chi connectivity index (χ4n) is 2.48. The SMILES string of the molecule is N#Cc1nc(COc2ccc(Br)cc2)oc1N1CCCCC1. The van der Waals surface area contributed by atoms with Crippen LogP contribution in [0.5, 0.6) is 5.75 Å². The van der Waals surface area contributed by atoms with Crippen molar-refractivity contribution >= 4 is 21.8 Å². The quantitative estimate of drug-likeness (QED) is 0.826. The molecule has 0 spiro atoms. The molecular formula is C16H16BrN3O2. The number of hydrogen-bond donors (Lipinski definition) is 0. The van der Waals surface area contributed by atoms with Gasteiger partial charge in [-0.3, -0.25) is 0 Å². The van der Waals surface area contributed by atoms with Gasteiger partial charge in [0.15, 0.2) is 6.61 Å². The molecule has 0 radical (unpaired) electrons. The normalized spacial score (nSPS) is 14.6. The van der Waals surface area contributed by atoms with Crippen LogP contribution in [0, 0.1) is 11.3 Å². The first-order valence-corrected chi connectivity index (χ1v) is 8.08. The highest BCUT2D eigenvalue weighted by molar-refractivity contribution is 9.10. The van der Waals surface area contributed by atoms with Gasteiger partial charge in [0.05, 0.1) is 0 Å². The number of piperidine rings is 1. The van der Waals surface area contributed by atoms with Crippen LogP contribution in [-0.4, -0.2) is 18.1 Å². The average molecular weight is 362 g/mol. The van der Waals surface area contributed by atoms with Crippen molar-refractivity contribution in [2.24, 2.45) is 0 Å². The molecule has 0 atom stereocenters. The molecule has 1 fully saturated rings. The molecule has 0 aliphatic carbocycles. The summed E-state index contributed by atoms with van der Waals surface area (Å²) in [5, 5.41) is 9.23. The third-order valence-corrected chi connectivity index (χ3v) is 4.11. The third-order valence-electron chi connectivity index (χ3n) is 3.58. The fraction of sp³-hybridized carbons (Fsp3) is 0.375. The van der Waals surface area contributed by atoms with Crippen molar-refractivity contribution in [1.29, 1.82) is 5.26 Å². The number of anilines is 1. The van der Waals surface area contributed by atoms with E-state index in [1.54, 1.807) is 0 Å². The first-order valence-electron chi connectivity index (χ1n) is 7.29. The summed E-state index contributed by atoms with van der Waals surface area (Å²) in [6.07, 6.45) is 3.47. The van der Waals surface area contributed by atoms with E-state index in [9.17, 15) is 5.26 Å². The molecule has 114 valence electrons. The molecule has 0 unspecified atom stereocenters. The Hall–Kier alpha value is -2.00. The van der Waals surface area contributed by atoms with Crippen molar-refractivity contribution in [2.75, 3.05) is 18.0 Å². The molecule has 22 heavy (non-hydrogen) atoms. The molecule has 5 nitrogen and oxygen atoms in total. The minimum absolute atomic E-state index is 0.212. The smallest absolute Gasteiger partial charge is 0.236 e. The van der Waals surface area contributed by atoms with E-state index in [2.05, 4.69) is 31.9 Å². The highest BCUT2D eigenvalue weighted by atomic mass is 79.9. The van der Waals surface area contributed by atoms with Crippen molar-refractivity contribution < 1.29 is 9.15 Å². The number of nitrogens with zero attached hydrogens (tertiary/aromatic N) is 3. The van der Waals surface area contributed by atoms with Gasteiger partial charge in [-0.05, 0) is 43.5 Å². The van der Waals surface area contributed by atoms with E-state index in [1.807, 2.05) is 24.3 Å². The van der Waals surface area contributed by atoms with Gasteiger partial charge in [0.2, 0.25) is 17.5 Å². The van der Waals surface area contributed by atoms with E-state index < -0.39 is 0 Å². The number of ether oxygens (including phenoxy) is 1. The topological polar surface area (TPSA) is 62.3 Å². The molecule has 6 heteroatoms. The van der Waals surface area contributed by atoms with Gasteiger partial charge in [0.1, 0.15) is 11.8 Å². The van der Waals surface area contributed by atoms with Crippen molar-refractivity contribution in [2.45, 2.75) is 25.9 Å². The summed E-state index contributed by atoms with van der Waals surface area (Å²) in [6.45, 7) is 2.04. The summed E-state index contributed by atoms with van der Waals surface area (Å²) in [7, 11) is 0. The highest BCUT2D eigenvalue weighted by Crippen LogP contribution is 2.26. The van der Waals surface area contributed by atoms with Crippen LogP contribution in [0.4, 0.5) is 5.88 Å². The number of rotatable bonds is 4. The second-order valence-electron chi connectivity index (χ2n) is 5.16. The Balaban J connectivity index is 1.70. The van der Waals surface area contributed by atoms with Gasteiger partial charge >= 0.3 is 0 Å². The zero-order chi connectivity index (χ0) is 15.4. The number of hydrogen-bond acceptors (Lipinski definition) is 5. The minimum atomic E-state index is 0.212. The van der Waals surface area contributed by atoms with Crippen molar-refractivity contribution in [3.63, 3.8) is 0 Å². The van der Waals surface area contributed by atoms with Crippen LogP contribution in [0.15, 0.2) is 33.2 Å². The van der Waals surface area contributed by atoms with Crippen molar-refractivity contribution in [3.05, 3.63) is 40.3 Å². The predicted molar refractivity (Wildman–Crippen MR) is 85.8 cm³/mol. The first kappa shape index (κ1) is 14.9. The second-order valence-corrected chi connectivity index (χ2v) is 6.08. The van der Waals surface area contributed by atoms with Gasteiger partial charge in [-0.2, -0.15) is 10.2 Å². The van der Waals surface area contributed by atoms with Crippen molar-refractivity contribution in [1.82, 2.24) is 4.98 Å². The fourth-order valence-corrected chi connectivity index (χ4v) is 2.74. The van der Waals surface area contributed by atoms with Crippen LogP contribution < -0.4 is 9.64 Å². The van der Waals surface area contributed by atoms with Gasteiger partial charge in [-0.25, -0.2) is 0 Å². The van der Waals surface area contributed by atoms with E-state index >= 15 is 0 Å². The van der Waals surface area contributed by atoms with Crippen molar-refractivity contribution in [3.8, 4) is 11.8 Å². The van der Waals surface area contributed by atoms with E-state index in [-0.39, 0.29) is 6.61 Å². The van der Waals surface area contributed by atoms with E-state index in [0.29, 0.717) is 17.5 Å². The molecule has 1 saturated heterocycles. The number of oxazole rings is 1. The van der Waals surface area contributed by atoms with Gasteiger partial charge in [-0.15, -0.1) is 0 Å². The van der Waals surface area contributed by atoms with Crippen LogP contribution in [0.25, 0.3) is 0 Å². The highest BCUT2D eigenvalue weighted by Gasteiger charge is 2.21. The molecule has 1 aliphatic rings. The maximum absolute atomic E-state index is 9.23. The lowest BCUT2D eigenvalue weighted by Crippen LogP contribution is -2.29. The first-order chi connectivity index (χ1) is 10.8. The van der Waals surface area contributed by atoms with E-state index in [0.717, 1.165) is 36.2 Å². The number of halogens is 1. The Morgan fingerprint density at radius 1 is 1.23 bits per heavy atom. The summed E-state index contributed by atoms with van der Waals surface area (Å²) in [5.74, 6) is 1.75. The third kappa shape index (κ3) is 3.42. The second kappa shape index (κ2) is 6.84. The standard InChI is InChI=1S/C16H16BrN3O2/c17-12-4-6-13(7-5-12)21-11-15-19-14(10-18)16(22-15)20-8-2-1-3-9-20/h4-7H,1-3,8-9,11H2. The summed E-state index contributed by atoms with van der Waals surface area (Å²) >= 11 is 3.38. The Morgan fingerprint density at radius 2 is 1.95 bits per heavy atom. The maximum atomic E-state index is 9.23. The van der Waals surface area contributed by atoms with E-state index in [1.165, 1.54) is 6.42 Å². The molecule has 2 aromatic rings. The Morgan fingerprint density at radius 3 is 2.64 bits per heavy atom. The monoisotopic (exact) mass is 361 g/mol. The van der Waals surface area contributed by atoms with Gasteiger partial charge in [0, 0.05) is 17.6 Å². The molecule has 1 aromatic carbocycles. The number of aromatic nitrogens is 1.